The average Bonchev–Trinajstić information content (AvgIpc) is 4.06. The van der Waals surface area contributed by atoms with Gasteiger partial charge in [0.15, 0.2) is 17.6 Å². The summed E-state index contributed by atoms with van der Waals surface area (Å²) in [5.41, 5.74) is -0.281. The highest BCUT2D eigenvalue weighted by Gasteiger charge is 2.42. The predicted molar refractivity (Wildman–Crippen MR) is 299 cm³/mol. The number of ether oxygens (including phenoxy) is 2. The van der Waals surface area contributed by atoms with E-state index >= 15 is 0 Å². The van der Waals surface area contributed by atoms with E-state index in [9.17, 15) is 57.8 Å². The Hall–Kier alpha value is -5.72. The van der Waals surface area contributed by atoms with Crippen molar-refractivity contribution >= 4 is 106 Å². The van der Waals surface area contributed by atoms with Gasteiger partial charge in [0.1, 0.15) is 10.7 Å². The molecule has 0 saturated carbocycles. The summed E-state index contributed by atoms with van der Waals surface area (Å²) in [6.07, 6.45) is -0.309. The van der Waals surface area contributed by atoms with Crippen molar-refractivity contribution in [3.8, 4) is 5.75 Å². The molecule has 4 heterocycles. The topological polar surface area (TPSA) is 276 Å². The number of aromatic nitrogens is 1. The van der Waals surface area contributed by atoms with Crippen molar-refractivity contribution < 1.29 is 67.3 Å². The van der Waals surface area contributed by atoms with Crippen molar-refractivity contribution in [3.05, 3.63) is 39.8 Å². The zero-order valence-corrected chi connectivity index (χ0v) is 49.6. The standard InChI is InChI=1S/C55H77N7O14S3/c1-12-31(4)36(24-44(64)55(7,8)59(9)10)51(70)60(11)39(30(2)3)25-41(75-33(6)63)50-58-38(28-77-50)49(69)56-35(21-32(5)54(73)74)22-34-17-18-40-37(23-34)57-45(65)15-13-19-61-46(66)26-42(52(61)71)78-29-79-43-27-47(67)62(53(43)72)20-14-16-48(68)76-40/h17-18,23,28,30-32,35-36,39,41-43H,12-16,19-22,24-27,29H2,1-11H3,(H,56,69)(H,57,65)(H,73,74)/t31-,32?,35+,36-,39+,41+,42?,43?/m0/s1. The molecule has 0 spiro atoms. The lowest BCUT2D eigenvalue weighted by Gasteiger charge is -2.38. The molecule has 5 rings (SSSR count). The number of hydrogen-bond acceptors (Lipinski definition) is 18. The summed E-state index contributed by atoms with van der Waals surface area (Å²) in [5.74, 6) is -7.29. The first kappa shape index (κ1) is 64.1. The summed E-state index contributed by atoms with van der Waals surface area (Å²) in [6, 6.07) is 3.23. The van der Waals surface area contributed by atoms with E-state index in [0.29, 0.717) is 17.1 Å². The van der Waals surface area contributed by atoms with Gasteiger partial charge in [0, 0.05) is 94.1 Å². The molecule has 3 aliphatic heterocycles. The number of nitrogens with one attached hydrogen (secondary N) is 2. The third-order valence-corrected chi connectivity index (χ3v) is 18.7. The number of carbonyl (C=O) groups excluding carboxylic acids is 10. The SMILES string of the molecule is CC[C@H](C)[C@H](CC(=O)C(C)(C)N(C)C)C(=O)N(C)[C@H](C[C@@H](OC(C)=O)c1nc(C(=O)N[C@@H](Cc2ccc3c(c2)NC(=O)CCCN2C(=O)CC(SCSC4CC(=O)N(CCCC(=O)O3)C4=O)C2=O)CC(C)C(=O)O)cs1)C(C)C. The number of Topliss-reactive ketones (excluding diaryl/α,β-unsaturated/α-hetero) is 1. The number of amides is 7. The van der Waals surface area contributed by atoms with E-state index in [2.05, 4.69) is 15.6 Å². The molecule has 2 saturated heterocycles. The Morgan fingerprint density at radius 3 is 2.08 bits per heavy atom. The number of esters is 2. The summed E-state index contributed by atoms with van der Waals surface area (Å²) in [4.78, 5) is 156. The number of imide groups is 2. The van der Waals surface area contributed by atoms with Crippen molar-refractivity contribution in [1.82, 2.24) is 29.9 Å². The summed E-state index contributed by atoms with van der Waals surface area (Å²) in [7, 11) is 5.33. The highest BCUT2D eigenvalue weighted by Crippen LogP contribution is 2.36. The second-order valence-corrected chi connectivity index (χ2v) is 25.4. The highest BCUT2D eigenvalue weighted by atomic mass is 32.2. The van der Waals surface area contributed by atoms with Crippen LogP contribution in [0.5, 0.6) is 5.75 Å². The molecule has 79 heavy (non-hydrogen) atoms. The van der Waals surface area contributed by atoms with E-state index < -0.39 is 87.6 Å². The lowest BCUT2D eigenvalue weighted by Crippen LogP contribution is -2.50. The summed E-state index contributed by atoms with van der Waals surface area (Å²) >= 11 is 3.53. The Kier molecular flexibility index (Phi) is 23.2. The molecule has 1 aromatic carbocycles. The largest absolute Gasteiger partial charge is 0.481 e. The number of aliphatic carboxylic acids is 1. The van der Waals surface area contributed by atoms with Gasteiger partial charge in [0.2, 0.25) is 35.4 Å². The molecule has 3 N–H and O–H groups in total. The van der Waals surface area contributed by atoms with Gasteiger partial charge in [-0.25, -0.2) is 4.98 Å². The van der Waals surface area contributed by atoms with Gasteiger partial charge < -0.3 is 30.1 Å². The van der Waals surface area contributed by atoms with E-state index in [1.807, 2.05) is 60.5 Å². The van der Waals surface area contributed by atoms with E-state index in [0.717, 1.165) is 21.1 Å². The van der Waals surface area contributed by atoms with E-state index in [1.54, 1.807) is 18.0 Å². The van der Waals surface area contributed by atoms with Crippen LogP contribution in [0.1, 0.15) is 147 Å². The van der Waals surface area contributed by atoms with Gasteiger partial charge in [0.25, 0.3) is 5.91 Å². The van der Waals surface area contributed by atoms with Crippen molar-refractivity contribution in [2.24, 2.45) is 23.7 Å². The molecule has 2 fully saturated rings. The quantitative estimate of drug-likeness (QED) is 0.0764. The lowest BCUT2D eigenvalue weighted by molar-refractivity contribution is -0.150. The number of carboxylic acid groups (broad SMARTS) is 1. The van der Waals surface area contributed by atoms with Crippen LogP contribution in [0.3, 0.4) is 0 Å². The molecule has 434 valence electrons. The maximum atomic E-state index is 14.4. The third-order valence-electron chi connectivity index (χ3n) is 15.2. The minimum Gasteiger partial charge on any atom is -0.481 e. The van der Waals surface area contributed by atoms with Gasteiger partial charge in [-0.05, 0) is 83.2 Å². The van der Waals surface area contributed by atoms with Gasteiger partial charge in [0.05, 0.1) is 27.6 Å². The molecule has 4 bridgehead atoms. The van der Waals surface area contributed by atoms with Gasteiger partial charge in [-0.2, -0.15) is 0 Å². The first-order valence-electron chi connectivity index (χ1n) is 26.8. The van der Waals surface area contributed by atoms with Crippen LogP contribution in [0.2, 0.25) is 0 Å². The van der Waals surface area contributed by atoms with Crippen molar-refractivity contribution in [3.63, 3.8) is 0 Å². The molecular formula is C55H77N7O14S3. The number of likely N-dealkylation sites (N-methyl/N-ethyl adjacent to an activating group) is 1. The van der Waals surface area contributed by atoms with E-state index in [4.69, 9.17) is 9.47 Å². The van der Waals surface area contributed by atoms with Crippen LogP contribution in [-0.2, 0) is 59.1 Å². The number of nitrogens with zero attached hydrogens (tertiary/aromatic N) is 5. The van der Waals surface area contributed by atoms with Crippen LogP contribution in [0.15, 0.2) is 23.6 Å². The number of benzene rings is 1. The number of carboxylic acids is 1. The normalized spacial score (nSPS) is 20.3. The Labute approximate surface area is 474 Å². The minimum absolute atomic E-state index is 0.0218. The molecule has 3 unspecified atom stereocenters. The van der Waals surface area contributed by atoms with Crippen molar-refractivity contribution in [2.45, 2.75) is 160 Å². The molecule has 1 aromatic heterocycles. The molecule has 0 aliphatic carbocycles. The fourth-order valence-electron chi connectivity index (χ4n) is 9.54. The van der Waals surface area contributed by atoms with Crippen LogP contribution >= 0.6 is 34.9 Å². The molecule has 8 atom stereocenters. The van der Waals surface area contributed by atoms with Crippen LogP contribution < -0.4 is 15.4 Å². The zero-order chi connectivity index (χ0) is 58.6. The number of hydrogen-bond donors (Lipinski definition) is 3. The molecule has 3 aliphatic rings. The smallest absolute Gasteiger partial charge is 0.311 e. The lowest BCUT2D eigenvalue weighted by atomic mass is 9.81. The minimum atomic E-state index is -1.12. The van der Waals surface area contributed by atoms with Gasteiger partial charge in [-0.15, -0.1) is 34.9 Å². The van der Waals surface area contributed by atoms with E-state index in [-0.39, 0.29) is 135 Å². The average molecular weight is 1160 g/mol. The number of ketones is 1. The maximum Gasteiger partial charge on any atom is 0.311 e. The number of carbonyl (C=O) groups is 11. The van der Waals surface area contributed by atoms with E-state index in [1.165, 1.54) is 54.9 Å². The van der Waals surface area contributed by atoms with Gasteiger partial charge in [-0.1, -0.05) is 47.1 Å². The first-order chi connectivity index (χ1) is 37.1. The zero-order valence-electron chi connectivity index (χ0n) is 47.1. The second-order valence-electron chi connectivity index (χ2n) is 21.8. The van der Waals surface area contributed by atoms with Crippen molar-refractivity contribution in [2.75, 3.05) is 44.6 Å². The summed E-state index contributed by atoms with van der Waals surface area (Å²) in [6.45, 7) is 14.2. The Balaban J connectivity index is 1.37. The Bertz CT molecular complexity index is 2620. The monoisotopic (exact) mass is 1160 g/mol. The molecule has 24 heteroatoms. The maximum absolute atomic E-state index is 14.4. The Morgan fingerprint density at radius 2 is 1.52 bits per heavy atom. The number of fused-ring (bicyclic) bond motifs is 5. The van der Waals surface area contributed by atoms with Crippen LogP contribution in [0, 0.1) is 23.7 Å². The fraction of sp³-hybridized carbons (Fsp3) is 0.636. The van der Waals surface area contributed by atoms with Crippen molar-refractivity contribution in [1.29, 1.82) is 0 Å². The molecule has 0 radical (unpaired) electrons. The van der Waals surface area contributed by atoms with Gasteiger partial charge >= 0.3 is 17.9 Å². The van der Waals surface area contributed by atoms with Gasteiger partial charge in [-0.3, -0.25) is 67.4 Å². The molecular weight excluding hydrogens is 1080 g/mol. The van der Waals surface area contributed by atoms with Crippen LogP contribution in [0.4, 0.5) is 5.69 Å². The Morgan fingerprint density at radius 1 is 0.911 bits per heavy atom. The second kappa shape index (κ2) is 28.6. The molecule has 2 aromatic rings. The number of thioether (sulfide) groups is 2. The van der Waals surface area contributed by atoms with Crippen LogP contribution in [-0.4, -0.2) is 162 Å². The van der Waals surface area contributed by atoms with Crippen LogP contribution in [0.25, 0.3) is 0 Å². The molecule has 21 nitrogen and oxygen atoms in total. The third kappa shape index (κ3) is 17.2. The molecule has 7 amide bonds. The number of thiazole rings is 1. The number of anilines is 1. The first-order valence-corrected chi connectivity index (χ1v) is 29.8. The summed E-state index contributed by atoms with van der Waals surface area (Å²) in [5, 5.41) is 16.4. The highest BCUT2D eigenvalue weighted by molar-refractivity contribution is 8.17. The fourth-order valence-corrected chi connectivity index (χ4v) is 13.1. The number of rotatable bonds is 20. The summed E-state index contributed by atoms with van der Waals surface area (Å²) < 4.78 is 11.5. The predicted octanol–water partition coefficient (Wildman–Crippen LogP) is 6.13.